The molecule has 2 saturated heterocycles. The van der Waals surface area contributed by atoms with Gasteiger partial charge < -0.3 is 15.2 Å². The van der Waals surface area contributed by atoms with Crippen LogP contribution >= 0.6 is 0 Å². The van der Waals surface area contributed by atoms with Gasteiger partial charge in [0.25, 0.3) is 0 Å². The van der Waals surface area contributed by atoms with Crippen LogP contribution in [-0.4, -0.2) is 54.5 Å². The van der Waals surface area contributed by atoms with Crippen molar-refractivity contribution >= 4 is 0 Å². The third-order valence-corrected chi connectivity index (χ3v) is 4.32. The van der Waals surface area contributed by atoms with Crippen LogP contribution in [-0.2, 0) is 9.47 Å². The Labute approximate surface area is 104 Å². The van der Waals surface area contributed by atoms with E-state index in [2.05, 4.69) is 32.6 Å². The van der Waals surface area contributed by atoms with Crippen molar-refractivity contribution in [3.8, 4) is 0 Å². The summed E-state index contributed by atoms with van der Waals surface area (Å²) in [5.74, 6) is 0. The van der Waals surface area contributed by atoms with Gasteiger partial charge in [-0.1, -0.05) is 0 Å². The normalized spacial score (nSPS) is 37.2. The summed E-state index contributed by atoms with van der Waals surface area (Å²) >= 11 is 0. The molecule has 1 unspecified atom stereocenters. The first kappa shape index (κ1) is 13.3. The average Bonchev–Trinajstić information content (AvgIpc) is 2.45. The maximum atomic E-state index is 6.23. The van der Waals surface area contributed by atoms with Gasteiger partial charge in [0.05, 0.1) is 30.0 Å². The van der Waals surface area contributed by atoms with Crippen LogP contribution in [0.25, 0.3) is 0 Å². The van der Waals surface area contributed by atoms with Crippen molar-refractivity contribution < 1.29 is 9.47 Å². The molecule has 4 nitrogen and oxygen atoms in total. The largest absolute Gasteiger partial charge is 0.379 e. The number of hydrogen-bond donors (Lipinski definition) is 1. The van der Waals surface area contributed by atoms with Gasteiger partial charge in [0.15, 0.2) is 0 Å². The summed E-state index contributed by atoms with van der Waals surface area (Å²) < 4.78 is 11.7. The molecule has 2 aliphatic rings. The van der Waals surface area contributed by atoms with E-state index in [1.54, 1.807) is 0 Å². The van der Waals surface area contributed by atoms with Crippen LogP contribution in [0.1, 0.15) is 34.1 Å². The molecule has 0 aromatic carbocycles. The van der Waals surface area contributed by atoms with E-state index >= 15 is 0 Å². The molecule has 0 saturated carbocycles. The first-order valence-corrected chi connectivity index (χ1v) is 6.56. The average molecular weight is 242 g/mol. The molecule has 2 aliphatic heterocycles. The standard InChI is InChI=1S/C13H26N2O2/c1-11(2)9-13(10-14,12(3,4)17-11)15-5-7-16-8-6-15/h5-10,14H2,1-4H3. The highest BCUT2D eigenvalue weighted by atomic mass is 16.5. The van der Waals surface area contributed by atoms with Gasteiger partial charge in [-0.3, -0.25) is 4.90 Å². The number of hydrogen-bond acceptors (Lipinski definition) is 4. The second kappa shape index (κ2) is 4.19. The predicted octanol–water partition coefficient (Wildman–Crippen LogP) is 0.994. The Balaban J connectivity index is 2.29. The maximum absolute atomic E-state index is 6.23. The van der Waals surface area contributed by atoms with Crippen molar-refractivity contribution in [3.05, 3.63) is 0 Å². The Bertz CT molecular complexity index is 285. The van der Waals surface area contributed by atoms with Gasteiger partial charge in [0.1, 0.15) is 0 Å². The van der Waals surface area contributed by atoms with Gasteiger partial charge in [0, 0.05) is 19.6 Å². The summed E-state index contributed by atoms with van der Waals surface area (Å²) in [4.78, 5) is 2.48. The van der Waals surface area contributed by atoms with Crippen LogP contribution in [0.3, 0.4) is 0 Å². The van der Waals surface area contributed by atoms with E-state index in [1.807, 2.05) is 0 Å². The summed E-state index contributed by atoms with van der Waals surface area (Å²) in [6, 6.07) is 0. The van der Waals surface area contributed by atoms with E-state index in [-0.39, 0.29) is 16.7 Å². The molecule has 0 aromatic rings. The summed E-state index contributed by atoms with van der Waals surface area (Å²) in [6.45, 7) is 12.8. The van der Waals surface area contributed by atoms with Crippen LogP contribution in [0.5, 0.6) is 0 Å². The first-order chi connectivity index (χ1) is 7.83. The van der Waals surface area contributed by atoms with Gasteiger partial charge >= 0.3 is 0 Å². The quantitative estimate of drug-likeness (QED) is 0.784. The monoisotopic (exact) mass is 242 g/mol. The highest BCUT2D eigenvalue weighted by Gasteiger charge is 2.59. The van der Waals surface area contributed by atoms with Crippen LogP contribution in [0.15, 0.2) is 0 Å². The Kier molecular flexibility index (Phi) is 3.28. The molecular formula is C13H26N2O2. The molecular weight excluding hydrogens is 216 g/mol. The number of nitrogens with two attached hydrogens (primary N) is 1. The summed E-state index contributed by atoms with van der Waals surface area (Å²) in [5, 5.41) is 0. The Morgan fingerprint density at radius 2 is 1.71 bits per heavy atom. The zero-order chi connectivity index (χ0) is 12.7. The van der Waals surface area contributed by atoms with Crippen LogP contribution in [0.2, 0.25) is 0 Å². The highest BCUT2D eigenvalue weighted by molar-refractivity contribution is 5.13. The third-order valence-electron chi connectivity index (χ3n) is 4.32. The Morgan fingerprint density at radius 3 is 2.12 bits per heavy atom. The van der Waals surface area contributed by atoms with Crippen LogP contribution in [0, 0.1) is 0 Å². The minimum Gasteiger partial charge on any atom is -0.379 e. The molecule has 0 amide bonds. The number of ether oxygens (including phenoxy) is 2. The lowest BCUT2D eigenvalue weighted by molar-refractivity contribution is -0.117. The summed E-state index contributed by atoms with van der Waals surface area (Å²) in [7, 11) is 0. The summed E-state index contributed by atoms with van der Waals surface area (Å²) in [6.07, 6.45) is 0.990. The molecule has 4 heteroatoms. The number of rotatable bonds is 2. The van der Waals surface area contributed by atoms with Gasteiger partial charge in [-0.25, -0.2) is 0 Å². The Hall–Kier alpha value is -0.160. The minimum absolute atomic E-state index is 0.0553. The molecule has 0 bridgehead atoms. The smallest absolute Gasteiger partial charge is 0.0830 e. The Morgan fingerprint density at radius 1 is 1.12 bits per heavy atom. The van der Waals surface area contributed by atoms with Gasteiger partial charge in [-0.05, 0) is 34.1 Å². The van der Waals surface area contributed by atoms with Gasteiger partial charge in [0.2, 0.25) is 0 Å². The molecule has 2 heterocycles. The third kappa shape index (κ3) is 2.12. The lowest BCUT2D eigenvalue weighted by atomic mass is 9.77. The lowest BCUT2D eigenvalue weighted by Gasteiger charge is -2.49. The zero-order valence-electron chi connectivity index (χ0n) is 11.6. The van der Waals surface area contributed by atoms with E-state index in [1.165, 1.54) is 0 Å². The molecule has 0 aromatic heterocycles. The van der Waals surface area contributed by atoms with E-state index in [0.29, 0.717) is 6.54 Å². The molecule has 1 atom stereocenters. The van der Waals surface area contributed by atoms with Gasteiger partial charge in [-0.15, -0.1) is 0 Å². The first-order valence-electron chi connectivity index (χ1n) is 6.56. The molecule has 0 spiro atoms. The van der Waals surface area contributed by atoms with E-state index in [0.717, 1.165) is 32.7 Å². The SMILES string of the molecule is CC1(C)CC(CN)(N2CCOCC2)C(C)(C)O1. The van der Waals surface area contributed by atoms with Crippen LogP contribution < -0.4 is 5.73 Å². The fourth-order valence-corrected chi connectivity index (χ4v) is 3.67. The predicted molar refractivity (Wildman–Crippen MR) is 68.0 cm³/mol. The fraction of sp³-hybridized carbons (Fsp3) is 1.00. The second-order valence-corrected chi connectivity index (χ2v) is 6.38. The van der Waals surface area contributed by atoms with Crippen molar-refractivity contribution in [2.45, 2.75) is 50.9 Å². The second-order valence-electron chi connectivity index (χ2n) is 6.38. The van der Waals surface area contributed by atoms with Crippen molar-refractivity contribution in [1.29, 1.82) is 0 Å². The van der Waals surface area contributed by atoms with Gasteiger partial charge in [-0.2, -0.15) is 0 Å². The molecule has 17 heavy (non-hydrogen) atoms. The highest BCUT2D eigenvalue weighted by Crippen LogP contribution is 2.48. The number of morpholine rings is 1. The van der Waals surface area contributed by atoms with Crippen LogP contribution in [0.4, 0.5) is 0 Å². The van der Waals surface area contributed by atoms with E-state index in [9.17, 15) is 0 Å². The number of nitrogens with zero attached hydrogens (tertiary/aromatic N) is 1. The molecule has 100 valence electrons. The van der Waals surface area contributed by atoms with E-state index < -0.39 is 0 Å². The van der Waals surface area contributed by atoms with Crippen molar-refractivity contribution in [2.75, 3.05) is 32.8 Å². The molecule has 0 aliphatic carbocycles. The van der Waals surface area contributed by atoms with Crippen molar-refractivity contribution in [2.24, 2.45) is 5.73 Å². The molecule has 2 rings (SSSR count). The van der Waals surface area contributed by atoms with Crippen molar-refractivity contribution in [3.63, 3.8) is 0 Å². The topological polar surface area (TPSA) is 47.7 Å². The molecule has 2 N–H and O–H groups in total. The molecule has 0 radical (unpaired) electrons. The zero-order valence-corrected chi connectivity index (χ0v) is 11.6. The van der Waals surface area contributed by atoms with E-state index in [4.69, 9.17) is 15.2 Å². The van der Waals surface area contributed by atoms with Crippen molar-refractivity contribution in [1.82, 2.24) is 4.90 Å². The lowest BCUT2D eigenvalue weighted by Crippen LogP contribution is -2.65. The maximum Gasteiger partial charge on any atom is 0.0830 e. The molecule has 2 fully saturated rings. The minimum atomic E-state index is -0.206. The fourth-order valence-electron chi connectivity index (χ4n) is 3.67. The summed E-state index contributed by atoms with van der Waals surface area (Å²) in [5.41, 5.74) is 5.78.